The second-order valence-electron chi connectivity index (χ2n) is 4.91. The molecule has 0 unspecified atom stereocenters. The number of halogens is 4. The fourth-order valence-electron chi connectivity index (χ4n) is 1.91. The molecule has 1 rings (SSSR count). The van der Waals surface area contributed by atoms with E-state index in [-0.39, 0.29) is 23.5 Å². The summed E-state index contributed by atoms with van der Waals surface area (Å²) in [6.07, 6.45) is -3.31. The quantitative estimate of drug-likeness (QED) is 0.740. The molecule has 0 aliphatic heterocycles. The highest BCUT2D eigenvalue weighted by Crippen LogP contribution is 2.34. The lowest BCUT2D eigenvalue weighted by Gasteiger charge is -2.30. The molecule has 0 aliphatic carbocycles. The largest absolute Gasteiger partial charge is 0.573 e. The van der Waals surface area contributed by atoms with Gasteiger partial charge in [0.1, 0.15) is 0 Å². The maximum Gasteiger partial charge on any atom is 0.573 e. The molecule has 0 radical (unpaired) electrons. The molecule has 0 atom stereocenters. The Bertz CT molecular complexity index is 454. The van der Waals surface area contributed by atoms with Crippen LogP contribution in [0.4, 0.5) is 18.9 Å². The van der Waals surface area contributed by atoms with Crippen LogP contribution in [0, 0.1) is 5.41 Å². The van der Waals surface area contributed by atoms with Gasteiger partial charge in [0.25, 0.3) is 0 Å². The Morgan fingerprint density at radius 3 is 2.33 bits per heavy atom. The van der Waals surface area contributed by atoms with E-state index in [1.165, 1.54) is 12.1 Å². The summed E-state index contributed by atoms with van der Waals surface area (Å²) in [6.45, 7) is 4.22. The molecule has 0 aromatic heterocycles. The minimum atomic E-state index is -4.75. The molecule has 1 aromatic rings. The van der Waals surface area contributed by atoms with Crippen molar-refractivity contribution in [3.8, 4) is 5.75 Å². The molecule has 0 saturated carbocycles. The van der Waals surface area contributed by atoms with Crippen LogP contribution in [0.3, 0.4) is 0 Å². The molecule has 0 amide bonds. The van der Waals surface area contributed by atoms with Crippen LogP contribution in [0.25, 0.3) is 0 Å². The molecule has 0 fully saturated rings. The van der Waals surface area contributed by atoms with E-state index in [1.54, 1.807) is 6.07 Å². The van der Waals surface area contributed by atoms with Gasteiger partial charge in [-0.15, -0.1) is 13.2 Å². The van der Waals surface area contributed by atoms with Gasteiger partial charge in [-0.25, -0.2) is 0 Å². The van der Waals surface area contributed by atoms with Crippen LogP contribution in [-0.2, 0) is 0 Å². The molecule has 120 valence electrons. The third-order valence-electron chi connectivity index (χ3n) is 3.66. The monoisotopic (exact) mass is 369 g/mol. The van der Waals surface area contributed by atoms with Gasteiger partial charge in [0, 0.05) is 16.4 Å². The topological polar surface area (TPSA) is 41.5 Å². The Kier molecular flexibility index (Phi) is 6.34. The molecule has 7 heteroatoms. The number of aliphatic hydroxyl groups is 1. The van der Waals surface area contributed by atoms with Gasteiger partial charge in [0.05, 0.1) is 12.3 Å². The fourth-order valence-corrected chi connectivity index (χ4v) is 2.25. The van der Waals surface area contributed by atoms with Crippen molar-refractivity contribution in [2.75, 3.05) is 18.5 Å². The van der Waals surface area contributed by atoms with Gasteiger partial charge < -0.3 is 15.2 Å². The van der Waals surface area contributed by atoms with E-state index in [0.29, 0.717) is 11.0 Å². The predicted octanol–water partition coefficient (Wildman–Crippen LogP) is 4.56. The molecule has 0 spiro atoms. The van der Waals surface area contributed by atoms with Crippen molar-refractivity contribution in [2.45, 2.75) is 33.1 Å². The summed E-state index contributed by atoms with van der Waals surface area (Å²) < 4.78 is 41.8. The normalized spacial score (nSPS) is 12.3. The number of hydrogen-bond donors (Lipinski definition) is 2. The minimum absolute atomic E-state index is 0.0288. The SMILES string of the molecule is CCC(CC)(CO)CNc1ccc(Br)cc1OC(F)(F)F. The van der Waals surface area contributed by atoms with Crippen molar-refractivity contribution in [1.82, 2.24) is 0 Å². The summed E-state index contributed by atoms with van der Waals surface area (Å²) >= 11 is 3.12. The third kappa shape index (κ3) is 5.39. The standard InChI is InChI=1S/C14H19BrF3NO2/c1-3-13(4-2,9-20)8-19-11-6-5-10(15)7-12(11)21-14(16,17)18/h5-7,19-20H,3-4,8-9H2,1-2H3. The van der Waals surface area contributed by atoms with E-state index < -0.39 is 6.36 Å². The number of nitrogens with one attached hydrogen (secondary N) is 1. The third-order valence-corrected chi connectivity index (χ3v) is 4.15. The fraction of sp³-hybridized carbons (Fsp3) is 0.571. The summed E-state index contributed by atoms with van der Waals surface area (Å²) in [5, 5.41) is 12.4. The van der Waals surface area contributed by atoms with E-state index in [0.717, 1.165) is 12.8 Å². The average molecular weight is 370 g/mol. The second-order valence-corrected chi connectivity index (χ2v) is 5.82. The van der Waals surface area contributed by atoms with Crippen LogP contribution in [0.1, 0.15) is 26.7 Å². The smallest absolute Gasteiger partial charge is 0.404 e. The second kappa shape index (κ2) is 7.35. The minimum Gasteiger partial charge on any atom is -0.404 e. The van der Waals surface area contributed by atoms with E-state index >= 15 is 0 Å². The van der Waals surface area contributed by atoms with E-state index in [4.69, 9.17) is 0 Å². The molecule has 2 N–H and O–H groups in total. The molecular weight excluding hydrogens is 351 g/mol. The lowest BCUT2D eigenvalue weighted by molar-refractivity contribution is -0.274. The van der Waals surface area contributed by atoms with Gasteiger partial charge in [-0.1, -0.05) is 29.8 Å². The highest BCUT2D eigenvalue weighted by molar-refractivity contribution is 9.10. The highest BCUT2D eigenvalue weighted by atomic mass is 79.9. The van der Waals surface area contributed by atoms with Crippen molar-refractivity contribution >= 4 is 21.6 Å². The number of rotatable bonds is 7. The van der Waals surface area contributed by atoms with Crippen molar-refractivity contribution in [3.05, 3.63) is 22.7 Å². The Hall–Kier alpha value is -0.950. The molecule has 1 aromatic carbocycles. The van der Waals surface area contributed by atoms with Crippen molar-refractivity contribution in [3.63, 3.8) is 0 Å². The summed E-state index contributed by atoms with van der Waals surface area (Å²) in [5.74, 6) is -0.295. The Balaban J connectivity index is 2.92. The molecule has 0 saturated heterocycles. The number of aliphatic hydroxyl groups excluding tert-OH is 1. The zero-order valence-electron chi connectivity index (χ0n) is 11.9. The number of alkyl halides is 3. The molecular formula is C14H19BrF3NO2. The molecule has 3 nitrogen and oxygen atoms in total. The first kappa shape index (κ1) is 18.1. The lowest BCUT2D eigenvalue weighted by atomic mass is 9.83. The van der Waals surface area contributed by atoms with Gasteiger partial charge in [0.15, 0.2) is 5.75 Å². The average Bonchev–Trinajstić information content (AvgIpc) is 2.41. The van der Waals surface area contributed by atoms with E-state index in [9.17, 15) is 18.3 Å². The first-order chi connectivity index (χ1) is 9.75. The van der Waals surface area contributed by atoms with Crippen molar-refractivity contribution < 1.29 is 23.0 Å². The Labute approximate surface area is 130 Å². The van der Waals surface area contributed by atoms with Gasteiger partial charge in [-0.05, 0) is 31.0 Å². The van der Waals surface area contributed by atoms with Crippen LogP contribution < -0.4 is 10.1 Å². The van der Waals surface area contributed by atoms with Crippen LogP contribution in [0.15, 0.2) is 22.7 Å². The highest BCUT2D eigenvalue weighted by Gasteiger charge is 2.32. The zero-order valence-corrected chi connectivity index (χ0v) is 13.5. The summed E-state index contributed by atoms with van der Waals surface area (Å²) in [7, 11) is 0. The van der Waals surface area contributed by atoms with Crippen molar-refractivity contribution in [2.24, 2.45) is 5.41 Å². The van der Waals surface area contributed by atoms with Crippen LogP contribution in [0.5, 0.6) is 5.75 Å². The number of anilines is 1. The lowest BCUT2D eigenvalue weighted by Crippen LogP contribution is -2.32. The molecule has 0 heterocycles. The summed E-state index contributed by atoms with van der Waals surface area (Å²) in [6, 6.07) is 4.40. The molecule has 0 aliphatic rings. The predicted molar refractivity (Wildman–Crippen MR) is 79.4 cm³/mol. The number of ether oxygens (including phenoxy) is 1. The number of hydrogen-bond acceptors (Lipinski definition) is 3. The maximum absolute atomic E-state index is 12.4. The summed E-state index contributed by atoms with van der Waals surface area (Å²) in [4.78, 5) is 0. The van der Waals surface area contributed by atoms with Gasteiger partial charge >= 0.3 is 6.36 Å². The van der Waals surface area contributed by atoms with Gasteiger partial charge in [0.2, 0.25) is 0 Å². The van der Waals surface area contributed by atoms with Gasteiger partial charge in [-0.2, -0.15) is 0 Å². The maximum atomic E-state index is 12.4. The van der Waals surface area contributed by atoms with E-state index in [1.807, 2.05) is 13.8 Å². The van der Waals surface area contributed by atoms with Gasteiger partial charge in [-0.3, -0.25) is 0 Å². The zero-order chi connectivity index (χ0) is 16.1. The first-order valence-corrected chi connectivity index (χ1v) is 7.44. The summed E-state index contributed by atoms with van der Waals surface area (Å²) in [5.41, 5.74) is -0.113. The molecule has 0 bridgehead atoms. The Morgan fingerprint density at radius 1 is 1.24 bits per heavy atom. The van der Waals surface area contributed by atoms with Crippen LogP contribution in [-0.4, -0.2) is 24.6 Å². The Morgan fingerprint density at radius 2 is 1.86 bits per heavy atom. The van der Waals surface area contributed by atoms with Crippen molar-refractivity contribution in [1.29, 1.82) is 0 Å². The van der Waals surface area contributed by atoms with Crippen LogP contribution in [0.2, 0.25) is 0 Å². The molecule has 21 heavy (non-hydrogen) atoms. The van der Waals surface area contributed by atoms with Crippen LogP contribution >= 0.6 is 15.9 Å². The first-order valence-electron chi connectivity index (χ1n) is 6.65. The van der Waals surface area contributed by atoms with E-state index in [2.05, 4.69) is 26.0 Å². The number of benzene rings is 1.